The average molecular weight is 489 g/mol. The van der Waals surface area contributed by atoms with Crippen LogP contribution in [0.2, 0.25) is 5.02 Å². The van der Waals surface area contributed by atoms with Crippen LogP contribution >= 0.6 is 27.5 Å². The van der Waals surface area contributed by atoms with E-state index in [1.807, 2.05) is 19.9 Å². The van der Waals surface area contributed by atoms with Crippen molar-refractivity contribution in [3.05, 3.63) is 57.0 Å². The van der Waals surface area contributed by atoms with Crippen LogP contribution in [0.3, 0.4) is 0 Å². The fourth-order valence-corrected chi connectivity index (χ4v) is 4.08. The molecule has 0 aliphatic rings. The Bertz CT molecular complexity index is 990. The molecule has 6 nitrogen and oxygen atoms in total. The molecule has 150 valence electrons. The Kier molecular flexibility index (Phi) is 7.63. The SMILES string of the molecule is Cc1c(Br)ccc(NC(=O)COC(=O)CCS(=O)(=O)c2ccc(Cl)cc2)c1C. The van der Waals surface area contributed by atoms with E-state index in [1.54, 1.807) is 6.07 Å². The zero-order valence-corrected chi connectivity index (χ0v) is 18.4. The Morgan fingerprint density at radius 3 is 2.36 bits per heavy atom. The van der Waals surface area contributed by atoms with Gasteiger partial charge < -0.3 is 10.1 Å². The van der Waals surface area contributed by atoms with E-state index in [9.17, 15) is 18.0 Å². The second kappa shape index (κ2) is 9.54. The largest absolute Gasteiger partial charge is 0.456 e. The van der Waals surface area contributed by atoms with Crippen LogP contribution in [0.1, 0.15) is 17.5 Å². The fourth-order valence-electron chi connectivity index (χ4n) is 2.31. The summed E-state index contributed by atoms with van der Waals surface area (Å²) in [6.07, 6.45) is -0.353. The van der Waals surface area contributed by atoms with Gasteiger partial charge in [0.1, 0.15) is 0 Å². The van der Waals surface area contributed by atoms with Crippen molar-refractivity contribution >= 4 is 54.9 Å². The number of halogens is 2. The minimum absolute atomic E-state index is 0.0727. The molecule has 0 aromatic heterocycles. The van der Waals surface area contributed by atoms with Crippen LogP contribution in [0, 0.1) is 13.8 Å². The topological polar surface area (TPSA) is 89.5 Å². The lowest BCUT2D eigenvalue weighted by Crippen LogP contribution is -2.22. The van der Waals surface area contributed by atoms with E-state index < -0.39 is 34.1 Å². The molecule has 0 saturated heterocycles. The molecule has 1 amide bonds. The van der Waals surface area contributed by atoms with Crippen LogP contribution in [0.4, 0.5) is 5.69 Å². The molecule has 0 heterocycles. The molecule has 0 aliphatic heterocycles. The molecule has 2 aromatic rings. The molecule has 0 saturated carbocycles. The minimum atomic E-state index is -3.64. The van der Waals surface area contributed by atoms with Gasteiger partial charge in [-0.05, 0) is 61.4 Å². The Labute approximate surface area is 177 Å². The number of carbonyl (C=O) groups is 2. The highest BCUT2D eigenvalue weighted by Crippen LogP contribution is 2.25. The molecule has 28 heavy (non-hydrogen) atoms. The Morgan fingerprint density at radius 2 is 1.71 bits per heavy atom. The van der Waals surface area contributed by atoms with Crippen molar-refractivity contribution in [3.63, 3.8) is 0 Å². The molecular formula is C19H19BrClNO5S. The van der Waals surface area contributed by atoms with E-state index in [0.29, 0.717) is 10.7 Å². The van der Waals surface area contributed by atoms with Crippen LogP contribution in [-0.4, -0.2) is 32.7 Å². The van der Waals surface area contributed by atoms with E-state index >= 15 is 0 Å². The van der Waals surface area contributed by atoms with Crippen molar-refractivity contribution in [2.75, 3.05) is 17.7 Å². The smallest absolute Gasteiger partial charge is 0.307 e. The summed E-state index contributed by atoms with van der Waals surface area (Å²) < 4.78 is 30.2. The highest BCUT2D eigenvalue weighted by molar-refractivity contribution is 9.10. The third-order valence-corrected chi connectivity index (χ3v) is 6.95. The monoisotopic (exact) mass is 487 g/mol. The fraction of sp³-hybridized carbons (Fsp3) is 0.263. The molecule has 2 aromatic carbocycles. The number of benzene rings is 2. The van der Waals surface area contributed by atoms with Crippen LogP contribution in [0.25, 0.3) is 0 Å². The molecule has 2 rings (SSSR count). The first-order chi connectivity index (χ1) is 13.1. The third kappa shape index (κ3) is 6.05. The summed E-state index contributed by atoms with van der Waals surface area (Å²) in [6, 6.07) is 9.22. The van der Waals surface area contributed by atoms with E-state index in [-0.39, 0.29) is 11.3 Å². The molecule has 0 radical (unpaired) electrons. The maximum atomic E-state index is 12.2. The van der Waals surface area contributed by atoms with Crippen molar-refractivity contribution in [1.29, 1.82) is 0 Å². The van der Waals surface area contributed by atoms with Gasteiger partial charge in [0, 0.05) is 15.2 Å². The zero-order chi connectivity index (χ0) is 20.9. The number of anilines is 1. The number of hydrogen-bond acceptors (Lipinski definition) is 5. The van der Waals surface area contributed by atoms with E-state index in [1.165, 1.54) is 24.3 Å². The van der Waals surface area contributed by atoms with Gasteiger partial charge in [-0.15, -0.1) is 0 Å². The highest BCUT2D eigenvalue weighted by atomic mass is 79.9. The molecule has 9 heteroatoms. The van der Waals surface area contributed by atoms with E-state index in [0.717, 1.165) is 15.6 Å². The molecule has 0 fully saturated rings. The molecule has 1 N–H and O–H groups in total. The summed E-state index contributed by atoms with van der Waals surface area (Å²) in [5, 5.41) is 3.09. The number of sulfone groups is 1. The van der Waals surface area contributed by atoms with Crippen molar-refractivity contribution in [2.45, 2.75) is 25.2 Å². The molecule has 0 unspecified atom stereocenters. The van der Waals surface area contributed by atoms with Crippen LogP contribution in [0.5, 0.6) is 0 Å². The maximum Gasteiger partial charge on any atom is 0.307 e. The lowest BCUT2D eigenvalue weighted by atomic mass is 10.1. The number of ether oxygens (including phenoxy) is 1. The first-order valence-electron chi connectivity index (χ1n) is 8.29. The van der Waals surface area contributed by atoms with Gasteiger partial charge in [-0.1, -0.05) is 27.5 Å². The summed E-state index contributed by atoms with van der Waals surface area (Å²) in [4.78, 5) is 23.9. The van der Waals surface area contributed by atoms with Crippen molar-refractivity contribution < 1.29 is 22.7 Å². The van der Waals surface area contributed by atoms with Gasteiger partial charge >= 0.3 is 5.97 Å². The molecule has 0 aliphatic carbocycles. The number of esters is 1. The standard InChI is InChI=1S/C19H19BrClNO5S/c1-12-13(2)17(8-7-16(12)20)22-18(23)11-27-19(24)9-10-28(25,26)15-5-3-14(21)4-6-15/h3-8H,9-11H2,1-2H3,(H,22,23). The number of nitrogens with one attached hydrogen (secondary N) is 1. The van der Waals surface area contributed by atoms with Crippen LogP contribution < -0.4 is 5.32 Å². The van der Waals surface area contributed by atoms with Crippen molar-refractivity contribution in [1.82, 2.24) is 0 Å². The normalized spacial score (nSPS) is 11.1. The third-order valence-electron chi connectivity index (χ3n) is 4.11. The van der Waals surface area contributed by atoms with Gasteiger partial charge in [0.15, 0.2) is 16.4 Å². The van der Waals surface area contributed by atoms with E-state index in [2.05, 4.69) is 21.2 Å². The van der Waals surface area contributed by atoms with Crippen LogP contribution in [-0.2, 0) is 24.2 Å². The molecule has 0 atom stereocenters. The van der Waals surface area contributed by atoms with Gasteiger partial charge in [-0.25, -0.2) is 8.42 Å². The van der Waals surface area contributed by atoms with Gasteiger partial charge in [-0.3, -0.25) is 9.59 Å². The summed E-state index contributed by atoms with van der Waals surface area (Å²) in [6.45, 7) is 3.29. The average Bonchev–Trinajstić information content (AvgIpc) is 2.65. The quantitative estimate of drug-likeness (QED) is 0.594. The summed E-state index contributed by atoms with van der Waals surface area (Å²) >= 11 is 9.15. The van der Waals surface area contributed by atoms with Gasteiger partial charge in [0.25, 0.3) is 5.91 Å². The summed E-state index contributed by atoms with van der Waals surface area (Å²) in [5.74, 6) is -1.68. The van der Waals surface area contributed by atoms with Crippen molar-refractivity contribution in [2.24, 2.45) is 0 Å². The Morgan fingerprint density at radius 1 is 1.07 bits per heavy atom. The highest BCUT2D eigenvalue weighted by Gasteiger charge is 2.18. The molecular weight excluding hydrogens is 470 g/mol. The van der Waals surface area contributed by atoms with Gasteiger partial charge in [0.05, 0.1) is 17.1 Å². The summed E-state index contributed by atoms with van der Waals surface area (Å²) in [7, 11) is -3.64. The number of amides is 1. The Hall–Kier alpha value is -1.90. The number of hydrogen-bond donors (Lipinski definition) is 1. The maximum absolute atomic E-state index is 12.2. The van der Waals surface area contributed by atoms with Crippen LogP contribution in [0.15, 0.2) is 45.8 Å². The lowest BCUT2D eigenvalue weighted by molar-refractivity contribution is -0.146. The molecule has 0 bridgehead atoms. The van der Waals surface area contributed by atoms with Gasteiger partial charge in [0.2, 0.25) is 0 Å². The summed E-state index contributed by atoms with van der Waals surface area (Å²) in [5.41, 5.74) is 2.50. The predicted molar refractivity (Wildman–Crippen MR) is 111 cm³/mol. The predicted octanol–water partition coefficient (Wildman–Crippen LogP) is 4.07. The van der Waals surface area contributed by atoms with E-state index in [4.69, 9.17) is 16.3 Å². The first-order valence-corrected chi connectivity index (χ1v) is 11.1. The second-order valence-electron chi connectivity index (χ2n) is 6.08. The number of carbonyl (C=O) groups excluding carboxylic acids is 2. The minimum Gasteiger partial charge on any atom is -0.456 e. The first kappa shape index (κ1) is 22.4. The second-order valence-corrected chi connectivity index (χ2v) is 9.48. The zero-order valence-electron chi connectivity index (χ0n) is 15.3. The van der Waals surface area contributed by atoms with Crippen molar-refractivity contribution in [3.8, 4) is 0 Å². The molecule has 0 spiro atoms. The van der Waals surface area contributed by atoms with Gasteiger partial charge in [-0.2, -0.15) is 0 Å². The number of rotatable bonds is 7. The lowest BCUT2D eigenvalue weighted by Gasteiger charge is -2.12. The Balaban J connectivity index is 1.84.